The lowest BCUT2D eigenvalue weighted by atomic mass is 9.89. The number of rotatable bonds is 4. The number of aryl methyl sites for hydroxylation is 1. The predicted octanol–water partition coefficient (Wildman–Crippen LogP) is 2.82. The third kappa shape index (κ3) is 6.33. The second-order valence-corrected chi connectivity index (χ2v) is 9.22. The molecule has 14 heteroatoms. The molecule has 0 saturated carbocycles. The molecule has 1 aromatic carbocycles. The Morgan fingerprint density at radius 3 is 2.33 bits per heavy atom. The van der Waals surface area contributed by atoms with Gasteiger partial charge >= 0.3 is 12.1 Å². The van der Waals surface area contributed by atoms with Gasteiger partial charge in [0.15, 0.2) is 0 Å². The highest BCUT2D eigenvalue weighted by molar-refractivity contribution is 6.01. The lowest BCUT2D eigenvalue weighted by Gasteiger charge is -2.25. The zero-order chi connectivity index (χ0) is 28.3. The molecule has 11 nitrogen and oxygen atoms in total. The molecule has 2 unspecified atom stereocenters. The molecule has 4 heterocycles. The number of carbonyl (C=O) groups is 3. The molecule has 5 rings (SSSR count). The van der Waals surface area contributed by atoms with E-state index >= 15 is 0 Å². The van der Waals surface area contributed by atoms with Crippen molar-refractivity contribution in [3.05, 3.63) is 65.5 Å². The van der Waals surface area contributed by atoms with Crippen LogP contribution in [0.5, 0.6) is 5.75 Å². The minimum absolute atomic E-state index is 0.00355. The standard InChI is InChI=1S/C23H24N6O3.C2HF3O2/c1-14-7-15(10-24-9-14)23(31)28-11-16-8-20-26-27-21(29(20)13-17(16)12-28)22(30)25-18-3-5-19(32-2)6-4-18;3-2(4,5)1(6)7/h3-7,9-10,16-17H,8,11-13H2,1-2H3,(H,25,30);(H,6,7). The van der Waals surface area contributed by atoms with Crippen molar-refractivity contribution in [1.82, 2.24) is 24.6 Å². The molecule has 0 aliphatic carbocycles. The van der Waals surface area contributed by atoms with Crippen molar-refractivity contribution in [1.29, 1.82) is 0 Å². The Kier molecular flexibility index (Phi) is 7.83. The molecule has 2 atom stereocenters. The fraction of sp³-hybridized carbons (Fsp3) is 0.360. The zero-order valence-electron chi connectivity index (χ0n) is 21.0. The van der Waals surface area contributed by atoms with Gasteiger partial charge in [-0.15, -0.1) is 10.2 Å². The molecule has 2 N–H and O–H groups in total. The molecule has 206 valence electrons. The average Bonchev–Trinajstić information content (AvgIpc) is 3.50. The molecule has 1 saturated heterocycles. The first-order chi connectivity index (χ1) is 18.5. The third-order valence-electron chi connectivity index (χ3n) is 6.47. The van der Waals surface area contributed by atoms with E-state index in [0.717, 1.165) is 17.1 Å². The maximum atomic E-state index is 13.0. The molecule has 0 bridgehead atoms. The molecule has 3 aromatic rings. The van der Waals surface area contributed by atoms with Gasteiger partial charge in [-0.25, -0.2) is 4.79 Å². The van der Waals surface area contributed by atoms with E-state index in [0.29, 0.717) is 49.0 Å². The van der Waals surface area contributed by atoms with Gasteiger partial charge in [0.2, 0.25) is 5.82 Å². The second-order valence-electron chi connectivity index (χ2n) is 9.22. The number of nitrogens with one attached hydrogen (secondary N) is 1. The topological polar surface area (TPSA) is 140 Å². The van der Waals surface area contributed by atoms with Crippen LogP contribution in [0.3, 0.4) is 0 Å². The summed E-state index contributed by atoms with van der Waals surface area (Å²) in [6.07, 6.45) is -1.03. The number of hydrogen-bond donors (Lipinski definition) is 2. The first-order valence-corrected chi connectivity index (χ1v) is 11.8. The normalized spacial score (nSPS) is 17.8. The van der Waals surface area contributed by atoms with Crippen LogP contribution in [0.25, 0.3) is 0 Å². The van der Waals surface area contributed by atoms with Gasteiger partial charge in [-0.3, -0.25) is 14.6 Å². The van der Waals surface area contributed by atoms with Gasteiger partial charge in [-0.2, -0.15) is 13.2 Å². The summed E-state index contributed by atoms with van der Waals surface area (Å²) in [6, 6.07) is 9.00. The molecule has 0 radical (unpaired) electrons. The van der Waals surface area contributed by atoms with Gasteiger partial charge in [-0.05, 0) is 54.7 Å². The van der Waals surface area contributed by atoms with Crippen molar-refractivity contribution in [3.63, 3.8) is 0 Å². The van der Waals surface area contributed by atoms with Crippen molar-refractivity contribution in [3.8, 4) is 5.75 Å². The minimum atomic E-state index is -5.08. The number of fused-ring (bicyclic) bond motifs is 2. The summed E-state index contributed by atoms with van der Waals surface area (Å²) >= 11 is 0. The van der Waals surface area contributed by atoms with Crippen LogP contribution in [0.15, 0.2) is 42.7 Å². The van der Waals surface area contributed by atoms with Crippen LogP contribution in [-0.2, 0) is 17.8 Å². The van der Waals surface area contributed by atoms with E-state index in [9.17, 15) is 22.8 Å². The summed E-state index contributed by atoms with van der Waals surface area (Å²) in [5.41, 5.74) is 2.24. The van der Waals surface area contributed by atoms with Gasteiger partial charge in [0.1, 0.15) is 11.6 Å². The van der Waals surface area contributed by atoms with Gasteiger partial charge in [0.25, 0.3) is 11.8 Å². The number of carboxylic acid groups (broad SMARTS) is 1. The van der Waals surface area contributed by atoms with Crippen LogP contribution in [0, 0.1) is 18.8 Å². The Hall–Kier alpha value is -4.49. The number of benzene rings is 1. The molecular weight excluding hydrogens is 521 g/mol. The lowest BCUT2D eigenvalue weighted by molar-refractivity contribution is -0.192. The van der Waals surface area contributed by atoms with E-state index in [-0.39, 0.29) is 17.7 Å². The quantitative estimate of drug-likeness (QED) is 0.509. The van der Waals surface area contributed by atoms with E-state index in [1.807, 2.05) is 22.5 Å². The molecule has 2 aliphatic heterocycles. The van der Waals surface area contributed by atoms with E-state index < -0.39 is 12.1 Å². The zero-order valence-corrected chi connectivity index (χ0v) is 21.0. The van der Waals surface area contributed by atoms with Crippen molar-refractivity contribution in [2.45, 2.75) is 26.1 Å². The molecule has 2 aromatic heterocycles. The highest BCUT2D eigenvalue weighted by Crippen LogP contribution is 2.33. The van der Waals surface area contributed by atoms with Gasteiger partial charge in [-0.1, -0.05) is 0 Å². The number of nitrogens with zero attached hydrogens (tertiary/aromatic N) is 5. The number of carbonyl (C=O) groups excluding carboxylic acids is 2. The number of aromatic nitrogens is 4. The highest BCUT2D eigenvalue weighted by atomic mass is 19.4. The molecule has 39 heavy (non-hydrogen) atoms. The maximum absolute atomic E-state index is 13.0. The Morgan fingerprint density at radius 1 is 1.05 bits per heavy atom. The number of anilines is 1. The summed E-state index contributed by atoms with van der Waals surface area (Å²) in [6.45, 7) is 3.87. The smallest absolute Gasteiger partial charge is 0.490 e. The number of pyridine rings is 1. The number of methoxy groups -OCH3 is 1. The largest absolute Gasteiger partial charge is 0.497 e. The molecule has 2 amide bonds. The number of amides is 2. The highest BCUT2D eigenvalue weighted by Gasteiger charge is 2.41. The SMILES string of the molecule is COc1ccc(NC(=O)c2nnc3n2CC2CN(C(=O)c4cncc(C)c4)CC2C3)cc1.O=C(O)C(F)(F)F. The average molecular weight is 547 g/mol. The maximum Gasteiger partial charge on any atom is 0.490 e. The van der Waals surface area contributed by atoms with Crippen molar-refractivity contribution >= 4 is 23.5 Å². The van der Waals surface area contributed by atoms with Gasteiger partial charge < -0.3 is 24.6 Å². The fourth-order valence-electron chi connectivity index (χ4n) is 4.57. The number of likely N-dealkylation sites (tertiary alicyclic amines) is 1. The number of halogens is 3. The number of ether oxygens (including phenoxy) is 1. The molecular formula is C25H25F3N6O5. The summed E-state index contributed by atoms with van der Waals surface area (Å²) < 4.78 is 38.8. The third-order valence-corrected chi connectivity index (χ3v) is 6.47. The lowest BCUT2D eigenvalue weighted by Crippen LogP contribution is -2.31. The Balaban J connectivity index is 0.000000448. The number of carboxylic acids is 1. The van der Waals surface area contributed by atoms with E-state index in [1.54, 1.807) is 43.8 Å². The van der Waals surface area contributed by atoms with Crippen LogP contribution in [0.2, 0.25) is 0 Å². The minimum Gasteiger partial charge on any atom is -0.497 e. The van der Waals surface area contributed by atoms with Gasteiger partial charge in [0, 0.05) is 44.1 Å². The van der Waals surface area contributed by atoms with E-state index in [1.165, 1.54) is 0 Å². The monoisotopic (exact) mass is 546 g/mol. The summed E-state index contributed by atoms with van der Waals surface area (Å²) in [4.78, 5) is 40.7. The Bertz CT molecular complexity index is 1380. The van der Waals surface area contributed by atoms with Crippen LogP contribution in [-0.4, -0.2) is 73.9 Å². The summed E-state index contributed by atoms with van der Waals surface area (Å²) in [5, 5.41) is 18.4. The van der Waals surface area contributed by atoms with Crippen molar-refractivity contribution in [2.24, 2.45) is 11.8 Å². The molecule has 1 fully saturated rings. The summed E-state index contributed by atoms with van der Waals surface area (Å²) in [7, 11) is 1.60. The fourth-order valence-corrected chi connectivity index (χ4v) is 4.57. The number of aliphatic carboxylic acids is 1. The van der Waals surface area contributed by atoms with Gasteiger partial charge in [0.05, 0.1) is 12.7 Å². The van der Waals surface area contributed by atoms with Crippen LogP contribution in [0.1, 0.15) is 32.4 Å². The van der Waals surface area contributed by atoms with Crippen LogP contribution in [0.4, 0.5) is 18.9 Å². The van der Waals surface area contributed by atoms with Crippen LogP contribution >= 0.6 is 0 Å². The second kappa shape index (κ2) is 11.1. The predicted molar refractivity (Wildman–Crippen MR) is 130 cm³/mol. The first kappa shape index (κ1) is 27.5. The first-order valence-electron chi connectivity index (χ1n) is 11.8. The molecule has 0 spiro atoms. The molecule has 2 aliphatic rings. The van der Waals surface area contributed by atoms with Crippen molar-refractivity contribution < 1.29 is 37.4 Å². The van der Waals surface area contributed by atoms with Crippen LogP contribution < -0.4 is 10.1 Å². The Labute approximate surface area is 220 Å². The summed E-state index contributed by atoms with van der Waals surface area (Å²) in [5.74, 6) is -0.686. The van der Waals surface area contributed by atoms with Crippen molar-refractivity contribution in [2.75, 3.05) is 25.5 Å². The number of alkyl halides is 3. The Morgan fingerprint density at radius 2 is 1.72 bits per heavy atom. The van der Waals surface area contributed by atoms with E-state index in [2.05, 4.69) is 20.5 Å². The number of hydrogen-bond acceptors (Lipinski definition) is 7. The van der Waals surface area contributed by atoms with E-state index in [4.69, 9.17) is 14.6 Å².